The molecule has 0 saturated heterocycles. The van der Waals surface area contributed by atoms with E-state index in [0.29, 0.717) is 11.6 Å². The van der Waals surface area contributed by atoms with Gasteiger partial charge in [-0.25, -0.2) is 4.79 Å². The minimum Gasteiger partial charge on any atom is -0.366 e. The Bertz CT molecular complexity index is 998. The van der Waals surface area contributed by atoms with Crippen LogP contribution in [0.4, 0.5) is 0 Å². The number of hydrogen-bond acceptors (Lipinski definition) is 3. The number of hydrogen-bond donors (Lipinski definition) is 3. The third kappa shape index (κ3) is 3.66. The third-order valence-corrected chi connectivity index (χ3v) is 5.50. The number of carbonyl (C=O) groups excluding carboxylic acids is 1. The van der Waals surface area contributed by atoms with Gasteiger partial charge in [-0.05, 0) is 49.4 Å². The number of nitrogens with two attached hydrogens (primary N) is 1. The molecule has 1 aliphatic rings. The predicted octanol–water partition coefficient (Wildman–Crippen LogP) is 2.70. The number of rotatable bonds is 5. The molecule has 140 valence electrons. The Morgan fingerprint density at radius 2 is 1.85 bits per heavy atom. The highest BCUT2D eigenvalue weighted by molar-refractivity contribution is 5.96. The Balaban J connectivity index is 1.46. The van der Waals surface area contributed by atoms with Crippen LogP contribution in [0.15, 0.2) is 53.3 Å². The van der Waals surface area contributed by atoms with Gasteiger partial charge in [-0.1, -0.05) is 30.3 Å². The highest BCUT2D eigenvalue weighted by Gasteiger charge is 2.25. The molecule has 6 nitrogen and oxygen atoms in total. The lowest BCUT2D eigenvalue weighted by molar-refractivity contribution is 0.100. The number of fused-ring (bicyclic) bond motifs is 1. The molecule has 0 aliphatic heterocycles. The molecular formula is C21H24N4O2. The van der Waals surface area contributed by atoms with Crippen molar-refractivity contribution in [1.82, 2.24) is 14.9 Å². The summed E-state index contributed by atoms with van der Waals surface area (Å²) in [4.78, 5) is 26.9. The first-order valence-electron chi connectivity index (χ1n) is 9.43. The van der Waals surface area contributed by atoms with Gasteiger partial charge in [0.25, 0.3) is 0 Å². The van der Waals surface area contributed by atoms with E-state index in [4.69, 9.17) is 5.73 Å². The number of amides is 1. The van der Waals surface area contributed by atoms with Gasteiger partial charge in [-0.3, -0.25) is 9.36 Å². The van der Waals surface area contributed by atoms with Gasteiger partial charge in [0.15, 0.2) is 0 Å². The topological polar surface area (TPSA) is 92.9 Å². The van der Waals surface area contributed by atoms with Gasteiger partial charge < -0.3 is 16.0 Å². The Morgan fingerprint density at radius 3 is 2.56 bits per heavy atom. The van der Waals surface area contributed by atoms with Crippen LogP contribution < -0.4 is 16.7 Å². The van der Waals surface area contributed by atoms with E-state index in [9.17, 15) is 9.59 Å². The highest BCUT2D eigenvalue weighted by Crippen LogP contribution is 2.30. The molecule has 0 bridgehead atoms. The van der Waals surface area contributed by atoms with Gasteiger partial charge in [0.1, 0.15) is 0 Å². The maximum absolute atomic E-state index is 12.5. The van der Waals surface area contributed by atoms with E-state index in [1.807, 2.05) is 6.07 Å². The summed E-state index contributed by atoms with van der Waals surface area (Å²) in [5.74, 6) is -0.481. The molecule has 1 fully saturated rings. The van der Waals surface area contributed by atoms with E-state index >= 15 is 0 Å². The normalized spacial score (nSPS) is 20.0. The number of nitrogens with one attached hydrogen (secondary N) is 2. The molecule has 2 aromatic carbocycles. The molecule has 0 radical (unpaired) electrons. The Morgan fingerprint density at radius 1 is 1.11 bits per heavy atom. The summed E-state index contributed by atoms with van der Waals surface area (Å²) in [6.45, 7) is 0.866. The number of benzene rings is 2. The first-order chi connectivity index (χ1) is 13.1. The lowest BCUT2D eigenvalue weighted by atomic mass is 9.90. The van der Waals surface area contributed by atoms with Gasteiger partial charge in [-0.2, -0.15) is 0 Å². The van der Waals surface area contributed by atoms with Crippen LogP contribution in [0.5, 0.6) is 0 Å². The number of primary amides is 1. The number of imidazole rings is 1. The molecule has 1 aromatic heterocycles. The first-order valence-corrected chi connectivity index (χ1v) is 9.43. The molecule has 27 heavy (non-hydrogen) atoms. The fourth-order valence-electron chi connectivity index (χ4n) is 4.03. The Hall–Kier alpha value is -2.86. The monoisotopic (exact) mass is 364 g/mol. The number of H-pyrrole nitrogens is 1. The van der Waals surface area contributed by atoms with Crippen LogP contribution in [0.25, 0.3) is 11.0 Å². The smallest absolute Gasteiger partial charge is 0.326 e. The molecule has 1 aliphatic carbocycles. The molecule has 0 atom stereocenters. The van der Waals surface area contributed by atoms with E-state index in [-0.39, 0.29) is 11.7 Å². The van der Waals surface area contributed by atoms with Crippen LogP contribution in [0, 0.1) is 0 Å². The number of carbonyl (C=O) groups is 1. The summed E-state index contributed by atoms with van der Waals surface area (Å²) in [5.41, 5.74) is 8.49. The lowest BCUT2D eigenvalue weighted by Crippen LogP contribution is -2.35. The Labute approximate surface area is 157 Å². The van der Waals surface area contributed by atoms with E-state index < -0.39 is 5.91 Å². The van der Waals surface area contributed by atoms with Gasteiger partial charge in [0, 0.05) is 24.2 Å². The summed E-state index contributed by atoms with van der Waals surface area (Å²) in [5, 5.41) is 3.62. The van der Waals surface area contributed by atoms with Crippen molar-refractivity contribution in [3.05, 3.63) is 70.1 Å². The second kappa shape index (κ2) is 7.40. The zero-order valence-corrected chi connectivity index (χ0v) is 15.2. The van der Waals surface area contributed by atoms with Crippen LogP contribution in [0.2, 0.25) is 0 Å². The van der Waals surface area contributed by atoms with Crippen molar-refractivity contribution in [2.45, 2.75) is 44.3 Å². The highest BCUT2D eigenvalue weighted by atomic mass is 16.1. The minimum absolute atomic E-state index is 0.118. The fourth-order valence-corrected chi connectivity index (χ4v) is 4.03. The van der Waals surface area contributed by atoms with Gasteiger partial charge in [-0.15, -0.1) is 0 Å². The van der Waals surface area contributed by atoms with Gasteiger partial charge in [0.2, 0.25) is 5.91 Å². The van der Waals surface area contributed by atoms with Gasteiger partial charge >= 0.3 is 5.69 Å². The van der Waals surface area contributed by atoms with E-state index in [1.165, 1.54) is 5.56 Å². The lowest BCUT2D eigenvalue weighted by Gasteiger charge is -2.30. The number of aromatic nitrogens is 2. The zero-order valence-electron chi connectivity index (χ0n) is 15.2. The molecule has 0 spiro atoms. The quantitative estimate of drug-likeness (QED) is 0.650. The average Bonchev–Trinajstić information content (AvgIpc) is 3.02. The summed E-state index contributed by atoms with van der Waals surface area (Å²) in [7, 11) is 0. The van der Waals surface area contributed by atoms with Crippen molar-refractivity contribution in [3.63, 3.8) is 0 Å². The maximum Gasteiger partial charge on any atom is 0.326 e. The summed E-state index contributed by atoms with van der Waals surface area (Å²) in [6, 6.07) is 16.1. The molecule has 0 unspecified atom stereocenters. The van der Waals surface area contributed by atoms with Crippen LogP contribution >= 0.6 is 0 Å². The molecule has 4 rings (SSSR count). The van der Waals surface area contributed by atoms with Gasteiger partial charge in [0.05, 0.1) is 11.0 Å². The average molecular weight is 364 g/mol. The molecule has 3 aromatic rings. The Kier molecular flexibility index (Phi) is 4.81. The summed E-state index contributed by atoms with van der Waals surface area (Å²) < 4.78 is 1.80. The number of aromatic amines is 1. The van der Waals surface area contributed by atoms with Crippen molar-refractivity contribution < 1.29 is 4.79 Å². The molecule has 4 N–H and O–H groups in total. The van der Waals surface area contributed by atoms with Crippen molar-refractivity contribution in [1.29, 1.82) is 0 Å². The van der Waals surface area contributed by atoms with Crippen LogP contribution in [-0.2, 0) is 6.54 Å². The predicted molar refractivity (Wildman–Crippen MR) is 106 cm³/mol. The number of nitrogens with zero attached hydrogens (tertiary/aromatic N) is 1. The molecule has 6 heteroatoms. The van der Waals surface area contributed by atoms with Crippen molar-refractivity contribution >= 4 is 16.9 Å². The standard InChI is InChI=1S/C21H24N4O2/c22-20(26)15-6-11-18-19(12-15)25(21(27)24-18)17-9-7-16(8-10-17)23-13-14-4-2-1-3-5-14/h1-6,11-12,16-17,23H,7-10,13H2,(H2,22,26)(H,24,27). The minimum atomic E-state index is -0.481. The third-order valence-electron chi connectivity index (χ3n) is 5.50. The summed E-state index contributed by atoms with van der Waals surface area (Å²) in [6.07, 6.45) is 3.90. The van der Waals surface area contributed by atoms with E-state index in [0.717, 1.165) is 43.3 Å². The summed E-state index contributed by atoms with van der Waals surface area (Å²) >= 11 is 0. The van der Waals surface area contributed by atoms with Crippen molar-refractivity contribution in [2.75, 3.05) is 0 Å². The zero-order chi connectivity index (χ0) is 18.8. The first kappa shape index (κ1) is 17.5. The molecule has 1 amide bonds. The maximum atomic E-state index is 12.5. The second-order valence-electron chi connectivity index (χ2n) is 7.27. The van der Waals surface area contributed by atoms with Crippen LogP contribution in [-0.4, -0.2) is 21.5 Å². The van der Waals surface area contributed by atoms with E-state index in [2.05, 4.69) is 34.6 Å². The van der Waals surface area contributed by atoms with E-state index in [1.54, 1.807) is 22.8 Å². The fraction of sp³-hybridized carbons (Fsp3) is 0.333. The van der Waals surface area contributed by atoms with Crippen LogP contribution in [0.3, 0.4) is 0 Å². The molecular weight excluding hydrogens is 340 g/mol. The van der Waals surface area contributed by atoms with Crippen molar-refractivity contribution in [2.24, 2.45) is 5.73 Å². The SMILES string of the molecule is NC(=O)c1ccc2[nH]c(=O)n(C3CCC(NCc4ccccc4)CC3)c2c1. The second-order valence-corrected chi connectivity index (χ2v) is 7.27. The molecule has 1 saturated carbocycles. The van der Waals surface area contributed by atoms with Crippen molar-refractivity contribution in [3.8, 4) is 0 Å². The largest absolute Gasteiger partial charge is 0.366 e. The van der Waals surface area contributed by atoms with Crippen LogP contribution in [0.1, 0.15) is 47.6 Å². The molecule has 1 heterocycles.